The number of rotatable bonds is 3. The number of para-hydroxylation sites is 1. The molecule has 2 nitrogen and oxygen atoms in total. The Kier molecular flexibility index (Phi) is 3.47. The van der Waals surface area contributed by atoms with Crippen LogP contribution in [-0.2, 0) is 13.1 Å². The maximum atomic E-state index is 13.9. The zero-order valence-corrected chi connectivity index (χ0v) is 11.6. The Bertz CT molecular complexity index is 744. The number of nitrogens with zero attached hydrogens (tertiary/aromatic N) is 1. The standard InChI is InChI=1S/C16H14ClFN2/c17-14-5-2-6-15(18)13(14)10-20-8-7-11-3-1-4-12(9-19)16(11)20/h1-8H,9-10,19H2. The summed E-state index contributed by atoms with van der Waals surface area (Å²) >= 11 is 6.09. The summed E-state index contributed by atoms with van der Waals surface area (Å²) in [5.41, 5.74) is 8.36. The van der Waals surface area contributed by atoms with E-state index < -0.39 is 0 Å². The van der Waals surface area contributed by atoms with E-state index in [1.165, 1.54) is 6.07 Å². The molecular formula is C16H14ClFN2. The molecule has 0 atom stereocenters. The fourth-order valence-corrected chi connectivity index (χ4v) is 2.71. The van der Waals surface area contributed by atoms with Crippen molar-refractivity contribution in [2.75, 3.05) is 0 Å². The lowest BCUT2D eigenvalue weighted by molar-refractivity contribution is 0.602. The van der Waals surface area contributed by atoms with Crippen molar-refractivity contribution in [1.82, 2.24) is 4.57 Å². The first kappa shape index (κ1) is 13.2. The van der Waals surface area contributed by atoms with Crippen LogP contribution in [0, 0.1) is 5.82 Å². The number of fused-ring (bicyclic) bond motifs is 1. The lowest BCUT2D eigenvalue weighted by atomic mass is 10.1. The molecule has 0 unspecified atom stereocenters. The number of halogens is 2. The van der Waals surface area contributed by atoms with Crippen molar-refractivity contribution in [3.63, 3.8) is 0 Å². The minimum absolute atomic E-state index is 0.287. The van der Waals surface area contributed by atoms with E-state index in [-0.39, 0.29) is 5.82 Å². The van der Waals surface area contributed by atoms with E-state index in [4.69, 9.17) is 17.3 Å². The molecule has 0 spiro atoms. The Morgan fingerprint density at radius 3 is 2.65 bits per heavy atom. The van der Waals surface area contributed by atoms with Gasteiger partial charge in [0.1, 0.15) is 5.82 Å². The van der Waals surface area contributed by atoms with Gasteiger partial charge in [-0.2, -0.15) is 0 Å². The van der Waals surface area contributed by atoms with E-state index in [2.05, 4.69) is 0 Å². The van der Waals surface area contributed by atoms with Gasteiger partial charge in [0, 0.05) is 23.3 Å². The summed E-state index contributed by atoms with van der Waals surface area (Å²) in [6, 6.07) is 12.7. The first-order valence-electron chi connectivity index (χ1n) is 6.40. The molecule has 0 aliphatic carbocycles. The second-order valence-corrected chi connectivity index (χ2v) is 5.11. The summed E-state index contributed by atoms with van der Waals surface area (Å²) in [5, 5.41) is 1.54. The third kappa shape index (κ3) is 2.19. The van der Waals surface area contributed by atoms with Crippen LogP contribution in [0.1, 0.15) is 11.1 Å². The van der Waals surface area contributed by atoms with E-state index in [9.17, 15) is 4.39 Å². The molecule has 20 heavy (non-hydrogen) atoms. The van der Waals surface area contributed by atoms with Crippen molar-refractivity contribution >= 4 is 22.5 Å². The Labute approximate surface area is 121 Å². The van der Waals surface area contributed by atoms with Crippen molar-refractivity contribution < 1.29 is 4.39 Å². The summed E-state index contributed by atoms with van der Waals surface area (Å²) in [4.78, 5) is 0. The maximum absolute atomic E-state index is 13.9. The molecule has 3 aromatic rings. The molecule has 2 N–H and O–H groups in total. The van der Waals surface area contributed by atoms with Gasteiger partial charge in [-0.15, -0.1) is 0 Å². The zero-order chi connectivity index (χ0) is 14.1. The molecule has 0 saturated heterocycles. The monoisotopic (exact) mass is 288 g/mol. The number of nitrogens with two attached hydrogens (primary N) is 1. The second kappa shape index (κ2) is 5.27. The number of hydrogen-bond donors (Lipinski definition) is 1. The largest absolute Gasteiger partial charge is 0.343 e. The van der Waals surface area contributed by atoms with Crippen LogP contribution in [0.25, 0.3) is 10.9 Å². The summed E-state index contributed by atoms with van der Waals surface area (Å²) in [5.74, 6) is -0.287. The smallest absolute Gasteiger partial charge is 0.129 e. The molecule has 0 amide bonds. The van der Waals surface area contributed by atoms with Gasteiger partial charge in [-0.05, 0) is 29.1 Å². The van der Waals surface area contributed by atoms with Gasteiger partial charge in [-0.3, -0.25) is 0 Å². The molecule has 0 aliphatic heterocycles. The molecule has 0 saturated carbocycles. The maximum Gasteiger partial charge on any atom is 0.129 e. The van der Waals surface area contributed by atoms with Gasteiger partial charge in [0.2, 0.25) is 0 Å². The lowest BCUT2D eigenvalue weighted by Gasteiger charge is -2.11. The Morgan fingerprint density at radius 2 is 1.90 bits per heavy atom. The SMILES string of the molecule is NCc1cccc2ccn(Cc3c(F)cccc3Cl)c12. The summed E-state index contributed by atoms with van der Waals surface area (Å²) < 4.78 is 15.9. The number of benzene rings is 2. The van der Waals surface area contributed by atoms with Crippen LogP contribution in [0.2, 0.25) is 5.02 Å². The van der Waals surface area contributed by atoms with Gasteiger partial charge in [0.05, 0.1) is 12.1 Å². The van der Waals surface area contributed by atoms with Gasteiger partial charge in [-0.1, -0.05) is 35.9 Å². The van der Waals surface area contributed by atoms with E-state index in [0.29, 0.717) is 23.7 Å². The average Bonchev–Trinajstić information content (AvgIpc) is 2.86. The second-order valence-electron chi connectivity index (χ2n) is 4.70. The topological polar surface area (TPSA) is 30.9 Å². The zero-order valence-electron chi connectivity index (χ0n) is 10.8. The Hall–Kier alpha value is -1.84. The summed E-state index contributed by atoms with van der Waals surface area (Å²) in [7, 11) is 0. The molecule has 1 heterocycles. The van der Waals surface area contributed by atoms with E-state index >= 15 is 0 Å². The van der Waals surface area contributed by atoms with Crippen molar-refractivity contribution in [3.8, 4) is 0 Å². The molecule has 0 radical (unpaired) electrons. The fourth-order valence-electron chi connectivity index (χ4n) is 2.49. The highest BCUT2D eigenvalue weighted by Gasteiger charge is 2.11. The third-order valence-electron chi connectivity index (χ3n) is 3.48. The predicted molar refractivity (Wildman–Crippen MR) is 80.3 cm³/mol. The van der Waals surface area contributed by atoms with Gasteiger partial charge in [-0.25, -0.2) is 4.39 Å². The first-order valence-corrected chi connectivity index (χ1v) is 6.78. The van der Waals surface area contributed by atoms with Gasteiger partial charge in [0.25, 0.3) is 0 Å². The van der Waals surface area contributed by atoms with Gasteiger partial charge < -0.3 is 10.3 Å². The highest BCUT2D eigenvalue weighted by Crippen LogP contribution is 2.25. The number of hydrogen-bond acceptors (Lipinski definition) is 1. The molecule has 0 bridgehead atoms. The Morgan fingerprint density at radius 1 is 1.10 bits per heavy atom. The normalized spacial score (nSPS) is 11.2. The van der Waals surface area contributed by atoms with Crippen molar-refractivity contribution in [2.45, 2.75) is 13.1 Å². The minimum atomic E-state index is -0.287. The lowest BCUT2D eigenvalue weighted by Crippen LogP contribution is -2.05. The van der Waals surface area contributed by atoms with Crippen molar-refractivity contribution in [2.24, 2.45) is 5.73 Å². The predicted octanol–water partition coefficient (Wildman–Crippen LogP) is 3.94. The summed E-state index contributed by atoms with van der Waals surface area (Å²) in [6.45, 7) is 0.846. The quantitative estimate of drug-likeness (QED) is 0.777. The molecule has 0 aliphatic rings. The van der Waals surface area contributed by atoms with Gasteiger partial charge in [0.15, 0.2) is 0 Å². The highest BCUT2D eigenvalue weighted by molar-refractivity contribution is 6.31. The van der Waals surface area contributed by atoms with Crippen LogP contribution in [0.3, 0.4) is 0 Å². The Balaban J connectivity index is 2.12. The van der Waals surface area contributed by atoms with Crippen LogP contribution < -0.4 is 5.73 Å². The third-order valence-corrected chi connectivity index (χ3v) is 3.84. The minimum Gasteiger partial charge on any atom is -0.343 e. The van der Waals surface area contributed by atoms with Crippen LogP contribution in [0.5, 0.6) is 0 Å². The average molecular weight is 289 g/mol. The summed E-state index contributed by atoms with van der Waals surface area (Å²) in [6.07, 6.45) is 1.94. The van der Waals surface area contributed by atoms with Crippen LogP contribution in [0.4, 0.5) is 4.39 Å². The van der Waals surface area contributed by atoms with Crippen LogP contribution in [0.15, 0.2) is 48.7 Å². The molecule has 102 valence electrons. The van der Waals surface area contributed by atoms with Crippen LogP contribution in [-0.4, -0.2) is 4.57 Å². The van der Waals surface area contributed by atoms with E-state index in [0.717, 1.165) is 16.5 Å². The van der Waals surface area contributed by atoms with Gasteiger partial charge >= 0.3 is 0 Å². The van der Waals surface area contributed by atoms with Crippen molar-refractivity contribution in [3.05, 3.63) is 70.6 Å². The van der Waals surface area contributed by atoms with Crippen molar-refractivity contribution in [1.29, 1.82) is 0 Å². The highest BCUT2D eigenvalue weighted by atomic mass is 35.5. The molecule has 2 aromatic carbocycles. The molecule has 3 rings (SSSR count). The van der Waals surface area contributed by atoms with E-state index in [1.54, 1.807) is 12.1 Å². The molecule has 0 fully saturated rings. The van der Waals surface area contributed by atoms with E-state index in [1.807, 2.05) is 35.0 Å². The first-order chi connectivity index (χ1) is 9.70. The number of aromatic nitrogens is 1. The fraction of sp³-hybridized carbons (Fsp3) is 0.125. The van der Waals surface area contributed by atoms with Crippen LogP contribution >= 0.6 is 11.6 Å². The molecule has 1 aromatic heterocycles. The molecular weight excluding hydrogens is 275 g/mol. The molecule has 4 heteroatoms.